The molecule has 0 saturated heterocycles. The van der Waals surface area contributed by atoms with Crippen molar-refractivity contribution in [3.8, 4) is 5.75 Å². The number of hydrogen-bond donors (Lipinski definition) is 1. The Bertz CT molecular complexity index is 1010. The smallest absolute Gasteiger partial charge is 0.410 e. The lowest BCUT2D eigenvalue weighted by Crippen LogP contribution is -2.39. The number of amides is 1. The highest BCUT2D eigenvalue weighted by Gasteiger charge is 2.23. The molecule has 1 aliphatic rings. The first-order valence-electron chi connectivity index (χ1n) is 12.9. The van der Waals surface area contributed by atoms with Gasteiger partial charge in [-0.2, -0.15) is 0 Å². The molecule has 0 bridgehead atoms. The Hall–Kier alpha value is -2.52. The lowest BCUT2D eigenvalue weighted by Gasteiger charge is -2.24. The number of carboxylic acid groups (broad SMARTS) is 1. The third-order valence-electron chi connectivity index (χ3n) is 6.14. The molecule has 208 valence electrons. The van der Waals surface area contributed by atoms with Crippen LogP contribution in [0.2, 0.25) is 10.0 Å². The first-order chi connectivity index (χ1) is 18.3. The number of carbonyl (C=O) groups excluding carboxylic acids is 1. The molecular weight excluding hydrogens is 533 g/mol. The number of carboxylic acids is 1. The molecule has 8 nitrogen and oxygen atoms in total. The molecule has 2 aromatic carbocycles. The standard InChI is InChI=1S/C28H35Cl2NO7/c1-2-36-26(27(32)33)17-20-7-9-24(10-8-20)37-14-12-31(28(34)38-25-5-3-4-6-25)11-13-35-19-21-15-22(29)18-23(30)16-21/h7-10,15-16,18,25-26H,2-6,11-14,17,19H2,1H3,(H,32,33). The van der Waals surface area contributed by atoms with Gasteiger partial charge in [0.1, 0.15) is 18.5 Å². The highest BCUT2D eigenvalue weighted by Crippen LogP contribution is 2.22. The minimum Gasteiger partial charge on any atom is -0.492 e. The summed E-state index contributed by atoms with van der Waals surface area (Å²) in [5.41, 5.74) is 1.68. The highest BCUT2D eigenvalue weighted by molar-refractivity contribution is 6.34. The molecule has 1 aliphatic carbocycles. The van der Waals surface area contributed by atoms with Crippen LogP contribution in [0.1, 0.15) is 43.7 Å². The molecule has 0 radical (unpaired) electrons. The summed E-state index contributed by atoms with van der Waals surface area (Å²) in [6.07, 6.45) is 2.89. The molecule has 1 N–H and O–H groups in total. The molecule has 1 fully saturated rings. The van der Waals surface area contributed by atoms with Crippen LogP contribution in [0.25, 0.3) is 0 Å². The normalized spacial score (nSPS) is 14.3. The molecule has 1 atom stereocenters. The van der Waals surface area contributed by atoms with Gasteiger partial charge in [-0.05, 0) is 74.1 Å². The summed E-state index contributed by atoms with van der Waals surface area (Å²) >= 11 is 12.1. The highest BCUT2D eigenvalue weighted by atomic mass is 35.5. The molecule has 1 saturated carbocycles. The van der Waals surface area contributed by atoms with Gasteiger partial charge in [-0.1, -0.05) is 35.3 Å². The second-order valence-electron chi connectivity index (χ2n) is 9.09. The van der Waals surface area contributed by atoms with Gasteiger partial charge in [0, 0.05) is 29.6 Å². The lowest BCUT2D eigenvalue weighted by atomic mass is 10.1. The first kappa shape index (κ1) is 30.0. The van der Waals surface area contributed by atoms with Gasteiger partial charge in [0.25, 0.3) is 0 Å². The van der Waals surface area contributed by atoms with E-state index in [4.69, 9.17) is 42.1 Å². The summed E-state index contributed by atoms with van der Waals surface area (Å²) < 4.78 is 22.6. The summed E-state index contributed by atoms with van der Waals surface area (Å²) in [4.78, 5) is 25.8. The van der Waals surface area contributed by atoms with Gasteiger partial charge in [-0.25, -0.2) is 9.59 Å². The zero-order chi connectivity index (χ0) is 27.3. The average Bonchev–Trinajstić information content (AvgIpc) is 3.38. The number of benzene rings is 2. The number of aliphatic carboxylic acids is 1. The molecule has 1 amide bonds. The number of halogens is 2. The number of carbonyl (C=O) groups is 2. The Morgan fingerprint density at radius 3 is 2.29 bits per heavy atom. The number of rotatable bonds is 15. The van der Waals surface area contributed by atoms with Crippen molar-refractivity contribution in [2.24, 2.45) is 0 Å². The average molecular weight is 568 g/mol. The second kappa shape index (κ2) is 15.8. The lowest BCUT2D eigenvalue weighted by molar-refractivity contribution is -0.149. The molecule has 38 heavy (non-hydrogen) atoms. The number of hydrogen-bond acceptors (Lipinski definition) is 6. The van der Waals surface area contributed by atoms with Crippen LogP contribution < -0.4 is 4.74 Å². The van der Waals surface area contributed by atoms with E-state index in [-0.39, 0.29) is 25.2 Å². The summed E-state index contributed by atoms with van der Waals surface area (Å²) in [7, 11) is 0. The Morgan fingerprint density at radius 1 is 1.00 bits per heavy atom. The van der Waals surface area contributed by atoms with Gasteiger partial charge in [0.05, 0.1) is 19.8 Å². The van der Waals surface area contributed by atoms with E-state index in [1.54, 1.807) is 42.2 Å². The quantitative estimate of drug-likeness (QED) is 0.263. The maximum Gasteiger partial charge on any atom is 0.410 e. The van der Waals surface area contributed by atoms with Gasteiger partial charge in [-0.15, -0.1) is 0 Å². The molecule has 10 heteroatoms. The van der Waals surface area contributed by atoms with E-state index in [1.807, 2.05) is 12.1 Å². The number of nitrogens with zero attached hydrogens (tertiary/aromatic N) is 1. The summed E-state index contributed by atoms with van der Waals surface area (Å²) in [6, 6.07) is 12.4. The first-order valence-corrected chi connectivity index (χ1v) is 13.6. The monoisotopic (exact) mass is 567 g/mol. The Morgan fingerprint density at radius 2 is 1.66 bits per heavy atom. The summed E-state index contributed by atoms with van der Waals surface area (Å²) in [6.45, 7) is 3.66. The number of ether oxygens (including phenoxy) is 4. The molecule has 0 spiro atoms. The van der Waals surface area contributed by atoms with E-state index in [9.17, 15) is 14.7 Å². The van der Waals surface area contributed by atoms with Gasteiger partial charge in [-0.3, -0.25) is 0 Å². The third-order valence-corrected chi connectivity index (χ3v) is 6.58. The second-order valence-corrected chi connectivity index (χ2v) is 9.96. The van der Waals surface area contributed by atoms with Gasteiger partial charge >= 0.3 is 12.1 Å². The van der Waals surface area contributed by atoms with Crippen molar-refractivity contribution in [3.63, 3.8) is 0 Å². The Labute approximate surface area is 233 Å². The van der Waals surface area contributed by atoms with Crippen molar-refractivity contribution in [1.29, 1.82) is 0 Å². The van der Waals surface area contributed by atoms with Crippen molar-refractivity contribution in [1.82, 2.24) is 4.90 Å². The van der Waals surface area contributed by atoms with Crippen LogP contribution in [0.5, 0.6) is 5.75 Å². The fourth-order valence-electron chi connectivity index (χ4n) is 4.20. The van der Waals surface area contributed by atoms with E-state index in [0.717, 1.165) is 36.8 Å². The van der Waals surface area contributed by atoms with Crippen LogP contribution in [0, 0.1) is 0 Å². The fourth-order valence-corrected chi connectivity index (χ4v) is 4.78. The van der Waals surface area contributed by atoms with E-state index in [0.29, 0.717) is 48.7 Å². The molecule has 0 aromatic heterocycles. The molecular formula is C28H35Cl2NO7. The Balaban J connectivity index is 1.49. The molecule has 2 aromatic rings. The van der Waals surface area contributed by atoms with Crippen LogP contribution in [-0.4, -0.2) is 67.2 Å². The van der Waals surface area contributed by atoms with Crippen molar-refractivity contribution in [3.05, 3.63) is 63.6 Å². The molecule has 0 aliphatic heterocycles. The third kappa shape index (κ3) is 10.3. The van der Waals surface area contributed by atoms with E-state index in [1.165, 1.54) is 0 Å². The van der Waals surface area contributed by atoms with Crippen LogP contribution in [0.3, 0.4) is 0 Å². The molecule has 0 heterocycles. The van der Waals surface area contributed by atoms with E-state index < -0.39 is 12.1 Å². The van der Waals surface area contributed by atoms with Crippen LogP contribution >= 0.6 is 23.2 Å². The van der Waals surface area contributed by atoms with E-state index in [2.05, 4.69) is 0 Å². The maximum atomic E-state index is 12.8. The minimum atomic E-state index is -0.989. The predicted molar refractivity (Wildman–Crippen MR) is 145 cm³/mol. The van der Waals surface area contributed by atoms with E-state index >= 15 is 0 Å². The van der Waals surface area contributed by atoms with Crippen LogP contribution in [0.15, 0.2) is 42.5 Å². The molecule has 3 rings (SSSR count). The maximum absolute atomic E-state index is 12.8. The summed E-state index contributed by atoms with van der Waals surface area (Å²) in [5, 5.41) is 10.4. The zero-order valence-corrected chi connectivity index (χ0v) is 23.1. The fraction of sp³-hybridized carbons (Fsp3) is 0.500. The largest absolute Gasteiger partial charge is 0.492 e. The van der Waals surface area contributed by atoms with Gasteiger partial charge in [0.2, 0.25) is 0 Å². The molecule has 1 unspecified atom stereocenters. The van der Waals surface area contributed by atoms with Crippen molar-refractivity contribution in [2.45, 2.75) is 57.8 Å². The van der Waals surface area contributed by atoms with Crippen molar-refractivity contribution >= 4 is 35.3 Å². The minimum absolute atomic E-state index is 0.0423. The van der Waals surface area contributed by atoms with Crippen LogP contribution in [0.4, 0.5) is 4.79 Å². The summed E-state index contributed by atoms with van der Waals surface area (Å²) in [5.74, 6) is -0.368. The van der Waals surface area contributed by atoms with Crippen LogP contribution in [-0.2, 0) is 32.0 Å². The van der Waals surface area contributed by atoms with Gasteiger partial charge < -0.3 is 29.0 Å². The topological polar surface area (TPSA) is 94.5 Å². The van der Waals surface area contributed by atoms with Gasteiger partial charge in [0.15, 0.2) is 6.10 Å². The van der Waals surface area contributed by atoms with Crippen molar-refractivity contribution in [2.75, 3.05) is 32.9 Å². The predicted octanol–water partition coefficient (Wildman–Crippen LogP) is 6.00. The SMILES string of the molecule is CCOC(Cc1ccc(OCCN(CCOCc2cc(Cl)cc(Cl)c2)C(=O)OC2CCCC2)cc1)C(=O)O. The Kier molecular flexibility index (Phi) is 12.5. The van der Waals surface area contributed by atoms with Crippen molar-refractivity contribution < 1.29 is 33.6 Å². The zero-order valence-electron chi connectivity index (χ0n) is 21.6.